The van der Waals surface area contributed by atoms with Crippen molar-refractivity contribution < 1.29 is 9.84 Å². The molecule has 1 N–H and O–H groups in total. The quantitative estimate of drug-likeness (QED) is 0.610. The van der Waals surface area contributed by atoms with Gasteiger partial charge >= 0.3 is 0 Å². The average molecular weight is 316 g/mol. The molecule has 0 saturated heterocycles. The predicted molar refractivity (Wildman–Crippen MR) is 94.3 cm³/mol. The van der Waals surface area contributed by atoms with E-state index in [4.69, 9.17) is 9.72 Å². The van der Waals surface area contributed by atoms with Crippen molar-refractivity contribution in [3.05, 3.63) is 72.9 Å². The van der Waals surface area contributed by atoms with Crippen molar-refractivity contribution in [1.82, 2.24) is 9.38 Å². The largest absolute Gasteiger partial charge is 0.507 e. The van der Waals surface area contributed by atoms with Crippen LogP contribution < -0.4 is 4.74 Å². The Hall–Kier alpha value is -3.27. The fourth-order valence-corrected chi connectivity index (χ4v) is 2.93. The van der Waals surface area contributed by atoms with Crippen LogP contribution in [0.1, 0.15) is 0 Å². The molecule has 0 bridgehead atoms. The molecule has 0 saturated carbocycles. The van der Waals surface area contributed by atoms with Crippen molar-refractivity contribution in [2.45, 2.75) is 0 Å². The number of para-hydroxylation sites is 2. The van der Waals surface area contributed by atoms with E-state index in [9.17, 15) is 5.11 Å². The third-order valence-corrected chi connectivity index (χ3v) is 4.06. The predicted octanol–water partition coefficient (Wildman–Crippen LogP) is 4.38. The molecule has 4 nitrogen and oxygen atoms in total. The molecule has 2 heterocycles. The van der Waals surface area contributed by atoms with Gasteiger partial charge in [0.1, 0.15) is 23.0 Å². The van der Waals surface area contributed by atoms with Crippen molar-refractivity contribution in [3.63, 3.8) is 0 Å². The van der Waals surface area contributed by atoms with Gasteiger partial charge in [0.25, 0.3) is 0 Å². The van der Waals surface area contributed by atoms with Crippen LogP contribution in [0.5, 0.6) is 11.5 Å². The molecule has 4 heteroatoms. The number of methoxy groups -OCH3 is 1. The number of aromatic nitrogens is 2. The molecular formula is C20H16N2O2. The van der Waals surface area contributed by atoms with Crippen LogP contribution in [0.2, 0.25) is 0 Å². The number of benzene rings is 2. The summed E-state index contributed by atoms with van der Waals surface area (Å²) < 4.78 is 7.47. The van der Waals surface area contributed by atoms with Crippen LogP contribution in [0.3, 0.4) is 0 Å². The van der Waals surface area contributed by atoms with Gasteiger partial charge in [-0.15, -0.1) is 0 Å². The molecule has 0 atom stereocenters. The number of nitrogens with zero attached hydrogens (tertiary/aromatic N) is 2. The summed E-state index contributed by atoms with van der Waals surface area (Å²) in [4.78, 5) is 4.82. The zero-order chi connectivity index (χ0) is 16.5. The summed E-state index contributed by atoms with van der Waals surface area (Å²) in [5, 5.41) is 10.2. The Bertz CT molecular complexity index is 1020. The van der Waals surface area contributed by atoms with Crippen LogP contribution in [0.25, 0.3) is 28.2 Å². The number of pyridine rings is 1. The van der Waals surface area contributed by atoms with Crippen LogP contribution in [0.4, 0.5) is 0 Å². The second kappa shape index (κ2) is 5.74. The minimum absolute atomic E-state index is 0.208. The monoisotopic (exact) mass is 316 g/mol. The number of rotatable bonds is 3. The maximum atomic E-state index is 10.2. The highest BCUT2D eigenvalue weighted by molar-refractivity contribution is 5.85. The second-order valence-corrected chi connectivity index (χ2v) is 5.46. The average Bonchev–Trinajstić information content (AvgIpc) is 3.01. The zero-order valence-electron chi connectivity index (χ0n) is 13.2. The molecule has 0 amide bonds. The Morgan fingerprint density at radius 3 is 2.38 bits per heavy atom. The first kappa shape index (κ1) is 14.3. The van der Waals surface area contributed by atoms with E-state index in [1.165, 1.54) is 0 Å². The molecule has 0 aliphatic heterocycles. The Balaban J connectivity index is 2.04. The SMILES string of the molecule is COc1ccccc1-c1nc(-c2ccccc2O)n2ccccc12. The Labute approximate surface area is 139 Å². The maximum absolute atomic E-state index is 10.2. The first-order valence-corrected chi connectivity index (χ1v) is 7.68. The van der Waals surface area contributed by atoms with Crippen LogP contribution in [0, 0.1) is 0 Å². The van der Waals surface area contributed by atoms with Crippen LogP contribution in [-0.2, 0) is 0 Å². The molecule has 0 unspecified atom stereocenters. The van der Waals surface area contributed by atoms with Crippen molar-refractivity contribution in [1.29, 1.82) is 0 Å². The molecule has 118 valence electrons. The van der Waals surface area contributed by atoms with E-state index >= 15 is 0 Å². The number of hydrogen-bond donors (Lipinski definition) is 1. The van der Waals surface area contributed by atoms with Gasteiger partial charge in [-0.2, -0.15) is 0 Å². The highest BCUT2D eigenvalue weighted by atomic mass is 16.5. The van der Waals surface area contributed by atoms with Gasteiger partial charge in [0.15, 0.2) is 0 Å². The molecule has 0 aliphatic carbocycles. The molecule has 0 fully saturated rings. The lowest BCUT2D eigenvalue weighted by Crippen LogP contribution is -1.88. The summed E-state index contributed by atoms with van der Waals surface area (Å²) in [6.45, 7) is 0. The topological polar surface area (TPSA) is 46.8 Å². The van der Waals surface area contributed by atoms with Crippen molar-refractivity contribution in [3.8, 4) is 34.1 Å². The molecule has 0 aliphatic rings. The highest BCUT2D eigenvalue weighted by Gasteiger charge is 2.18. The highest BCUT2D eigenvalue weighted by Crippen LogP contribution is 2.36. The fourth-order valence-electron chi connectivity index (χ4n) is 2.93. The van der Waals surface area contributed by atoms with Crippen molar-refractivity contribution in [2.24, 2.45) is 0 Å². The summed E-state index contributed by atoms with van der Waals surface area (Å²) in [6, 6.07) is 21.0. The van der Waals surface area contributed by atoms with E-state index in [-0.39, 0.29) is 5.75 Å². The Morgan fingerprint density at radius 1 is 0.875 bits per heavy atom. The van der Waals surface area contributed by atoms with E-state index in [2.05, 4.69) is 0 Å². The molecule has 4 aromatic rings. The van der Waals surface area contributed by atoms with Gasteiger partial charge in [0.05, 0.1) is 18.2 Å². The number of imidazole rings is 1. The lowest BCUT2D eigenvalue weighted by molar-refractivity contribution is 0.416. The maximum Gasteiger partial charge on any atom is 0.149 e. The molecule has 2 aromatic carbocycles. The third kappa shape index (κ3) is 2.20. The third-order valence-electron chi connectivity index (χ3n) is 4.06. The number of phenols is 1. The van der Waals surface area contributed by atoms with E-state index in [1.807, 2.05) is 65.2 Å². The molecule has 24 heavy (non-hydrogen) atoms. The summed E-state index contributed by atoms with van der Waals surface area (Å²) in [6.07, 6.45) is 1.95. The van der Waals surface area contributed by atoms with Crippen LogP contribution in [0.15, 0.2) is 72.9 Å². The van der Waals surface area contributed by atoms with Gasteiger partial charge in [-0.1, -0.05) is 30.3 Å². The standard InChI is InChI=1S/C20H16N2O2/c1-24-18-12-5-3-9-15(18)19-16-10-6-7-13-22(16)20(21-19)14-8-2-4-11-17(14)23/h2-13,23H,1H3. The van der Waals surface area contributed by atoms with E-state index in [1.54, 1.807) is 19.2 Å². The zero-order valence-corrected chi connectivity index (χ0v) is 13.2. The first-order valence-electron chi connectivity index (χ1n) is 7.68. The summed E-state index contributed by atoms with van der Waals surface area (Å²) >= 11 is 0. The molecule has 0 spiro atoms. The Morgan fingerprint density at radius 2 is 1.58 bits per heavy atom. The lowest BCUT2D eigenvalue weighted by atomic mass is 10.1. The minimum atomic E-state index is 0.208. The molecule has 2 aromatic heterocycles. The summed E-state index contributed by atoms with van der Waals surface area (Å²) in [5.41, 5.74) is 3.40. The van der Waals surface area contributed by atoms with E-state index in [0.717, 1.165) is 22.5 Å². The van der Waals surface area contributed by atoms with Crippen LogP contribution in [-0.4, -0.2) is 21.6 Å². The van der Waals surface area contributed by atoms with E-state index in [0.29, 0.717) is 11.4 Å². The number of fused-ring (bicyclic) bond motifs is 1. The summed E-state index contributed by atoms with van der Waals surface area (Å²) in [7, 11) is 1.65. The number of aromatic hydroxyl groups is 1. The number of ether oxygens (including phenoxy) is 1. The van der Waals surface area contributed by atoms with Gasteiger partial charge in [0.2, 0.25) is 0 Å². The van der Waals surface area contributed by atoms with Gasteiger partial charge in [-0.3, -0.25) is 4.40 Å². The molecule has 4 rings (SSSR count). The first-order chi connectivity index (χ1) is 11.8. The minimum Gasteiger partial charge on any atom is -0.507 e. The lowest BCUT2D eigenvalue weighted by Gasteiger charge is -2.05. The number of phenolic OH excluding ortho intramolecular Hbond substituents is 1. The fraction of sp³-hybridized carbons (Fsp3) is 0.0500. The second-order valence-electron chi connectivity index (χ2n) is 5.46. The van der Waals surface area contributed by atoms with E-state index < -0.39 is 0 Å². The molecule has 0 radical (unpaired) electrons. The summed E-state index contributed by atoms with van der Waals surface area (Å²) in [5.74, 6) is 1.68. The van der Waals surface area contributed by atoms with Crippen molar-refractivity contribution >= 4 is 5.52 Å². The van der Waals surface area contributed by atoms with Gasteiger partial charge in [0, 0.05) is 11.8 Å². The number of hydrogen-bond acceptors (Lipinski definition) is 3. The van der Waals surface area contributed by atoms with Gasteiger partial charge in [-0.05, 0) is 36.4 Å². The molecular weight excluding hydrogens is 300 g/mol. The smallest absolute Gasteiger partial charge is 0.149 e. The van der Waals surface area contributed by atoms with Gasteiger partial charge < -0.3 is 9.84 Å². The normalized spacial score (nSPS) is 10.9. The Kier molecular flexibility index (Phi) is 3.43. The van der Waals surface area contributed by atoms with Crippen LogP contribution >= 0.6 is 0 Å². The van der Waals surface area contributed by atoms with Gasteiger partial charge in [-0.25, -0.2) is 4.98 Å². The van der Waals surface area contributed by atoms with Crippen molar-refractivity contribution in [2.75, 3.05) is 7.11 Å².